The number of nitrogens with zero attached hydrogens (tertiary/aromatic N) is 1. The first-order chi connectivity index (χ1) is 16.4. The van der Waals surface area contributed by atoms with Crippen molar-refractivity contribution in [3.8, 4) is 0 Å². The molecule has 0 radical (unpaired) electrons. The summed E-state index contributed by atoms with van der Waals surface area (Å²) < 4.78 is 17.5. The molecule has 0 aromatic rings. The van der Waals surface area contributed by atoms with E-state index in [1.807, 2.05) is 0 Å². The van der Waals surface area contributed by atoms with Crippen molar-refractivity contribution in [2.24, 2.45) is 16.7 Å². The summed E-state index contributed by atoms with van der Waals surface area (Å²) in [5.41, 5.74) is -0.467. The first-order valence-corrected chi connectivity index (χ1v) is 15.9. The molecule has 1 aliphatic rings. The van der Waals surface area contributed by atoms with Crippen LogP contribution < -0.4 is 0 Å². The summed E-state index contributed by atoms with van der Waals surface area (Å²) in [5.74, 6) is 1.78. The maximum absolute atomic E-state index is 12.7. The zero-order chi connectivity index (χ0) is 27.6. The Hall–Kier alpha value is -0.440. The summed E-state index contributed by atoms with van der Waals surface area (Å²) in [6.07, 6.45) is 2.45. The van der Waals surface area contributed by atoms with Crippen molar-refractivity contribution in [3.05, 3.63) is 0 Å². The molecule has 1 fully saturated rings. The molecule has 0 unspecified atom stereocenters. The highest BCUT2D eigenvalue weighted by Crippen LogP contribution is 2.43. The van der Waals surface area contributed by atoms with E-state index in [9.17, 15) is 9.59 Å². The molecule has 0 atom stereocenters. The fraction of sp³-hybridized carbons (Fsp3) is 0.929. The first kappa shape index (κ1) is 33.6. The van der Waals surface area contributed by atoms with Gasteiger partial charge in [0.1, 0.15) is 13.2 Å². The molecular weight excluding hydrogens is 494 g/mol. The van der Waals surface area contributed by atoms with Crippen molar-refractivity contribution in [2.45, 2.75) is 106 Å². The Labute approximate surface area is 229 Å². The molecule has 1 saturated heterocycles. The van der Waals surface area contributed by atoms with Gasteiger partial charge in [0.25, 0.3) is 0 Å². The minimum Gasteiger partial charge on any atom is -0.465 e. The Morgan fingerprint density at radius 2 is 1.36 bits per heavy atom. The van der Waals surface area contributed by atoms with Crippen LogP contribution in [0.25, 0.3) is 0 Å². The van der Waals surface area contributed by atoms with E-state index < -0.39 is 0 Å². The average Bonchev–Trinajstić information content (AvgIpc) is 3.21. The van der Waals surface area contributed by atoms with E-state index in [2.05, 4.69) is 74.1 Å². The van der Waals surface area contributed by atoms with Crippen molar-refractivity contribution in [1.29, 1.82) is 0 Å². The van der Waals surface area contributed by atoms with Gasteiger partial charge in [0.15, 0.2) is 0 Å². The number of carbonyl (C=O) groups excluding carboxylic acids is 2. The van der Waals surface area contributed by atoms with Gasteiger partial charge >= 0.3 is 11.9 Å². The predicted molar refractivity (Wildman–Crippen MR) is 153 cm³/mol. The van der Waals surface area contributed by atoms with E-state index in [0.717, 1.165) is 37.5 Å². The molecule has 0 aromatic carbocycles. The average molecular weight is 548 g/mol. The quantitative estimate of drug-likeness (QED) is 0.168. The van der Waals surface area contributed by atoms with Gasteiger partial charge in [-0.1, -0.05) is 56.2 Å². The molecule has 0 aliphatic carbocycles. The van der Waals surface area contributed by atoms with Gasteiger partial charge < -0.3 is 14.2 Å². The lowest BCUT2D eigenvalue weighted by Gasteiger charge is -2.38. The fourth-order valence-corrected chi connectivity index (χ4v) is 6.88. The van der Waals surface area contributed by atoms with E-state index in [-0.39, 0.29) is 33.9 Å². The second-order valence-electron chi connectivity index (χ2n) is 13.5. The number of rotatable bonds is 15. The van der Waals surface area contributed by atoms with Crippen LogP contribution in [0.3, 0.4) is 0 Å². The van der Waals surface area contributed by atoms with Crippen LogP contribution in [0.2, 0.25) is 0 Å². The van der Waals surface area contributed by atoms with Crippen molar-refractivity contribution in [1.82, 2.24) is 4.90 Å². The van der Waals surface area contributed by atoms with Crippen LogP contribution in [-0.2, 0) is 23.8 Å². The molecule has 1 heterocycles. The molecule has 0 N–H and O–H groups in total. The van der Waals surface area contributed by atoms with Crippen LogP contribution in [0.5, 0.6) is 0 Å². The number of hydrogen-bond acceptors (Lipinski definition) is 8. The van der Waals surface area contributed by atoms with Crippen LogP contribution in [0.1, 0.15) is 94.9 Å². The molecule has 36 heavy (non-hydrogen) atoms. The Morgan fingerprint density at radius 3 is 1.83 bits per heavy atom. The van der Waals surface area contributed by atoms with Crippen LogP contribution in [-0.4, -0.2) is 72.4 Å². The Balaban J connectivity index is 2.54. The number of esters is 2. The highest BCUT2D eigenvalue weighted by Gasteiger charge is 2.38. The maximum atomic E-state index is 12.7. The Morgan fingerprint density at radius 1 is 0.833 bits per heavy atom. The summed E-state index contributed by atoms with van der Waals surface area (Å²) in [4.78, 5) is 27.3. The number of ether oxygens (including phenoxy) is 3. The normalized spacial score (nSPS) is 16.6. The van der Waals surface area contributed by atoms with Gasteiger partial charge in [0.2, 0.25) is 0 Å². The van der Waals surface area contributed by atoms with Gasteiger partial charge in [-0.3, -0.25) is 14.5 Å². The smallest absolute Gasteiger partial charge is 0.307 e. The largest absolute Gasteiger partial charge is 0.465 e. The SMILES string of the molecule is CC(C)COC(C)(C)CCN(CCC(=O)OCC1(COC(=O)CCC(C)(C)C)CSSC1)C(C)(C)C. The lowest BCUT2D eigenvalue weighted by molar-refractivity contribution is -0.152. The molecule has 0 aromatic heterocycles. The Bertz CT molecular complexity index is 676. The van der Waals surface area contributed by atoms with Gasteiger partial charge in [-0.2, -0.15) is 0 Å². The Kier molecular flexibility index (Phi) is 13.7. The van der Waals surface area contributed by atoms with E-state index >= 15 is 0 Å². The third kappa shape index (κ3) is 14.5. The third-order valence-corrected chi connectivity index (χ3v) is 9.13. The van der Waals surface area contributed by atoms with Crippen molar-refractivity contribution in [2.75, 3.05) is 44.4 Å². The summed E-state index contributed by atoms with van der Waals surface area (Å²) in [5, 5.41) is 0. The van der Waals surface area contributed by atoms with Crippen LogP contribution in [0.4, 0.5) is 0 Å². The van der Waals surface area contributed by atoms with Gasteiger partial charge in [0.05, 0.1) is 17.4 Å². The molecule has 0 spiro atoms. The van der Waals surface area contributed by atoms with Gasteiger partial charge in [-0.05, 0) is 58.8 Å². The summed E-state index contributed by atoms with van der Waals surface area (Å²) in [7, 11) is 3.50. The standard InChI is InChI=1S/C28H53NO5S2/c1-22(2)17-34-27(9,10)14-16-29(26(6,7)8)15-12-24(31)33-19-28(20-35-36-21-28)18-32-23(30)11-13-25(3,4)5/h22H,11-21H2,1-10H3. The van der Waals surface area contributed by atoms with Crippen molar-refractivity contribution < 1.29 is 23.8 Å². The monoisotopic (exact) mass is 547 g/mol. The van der Waals surface area contributed by atoms with E-state index in [0.29, 0.717) is 38.5 Å². The molecule has 0 amide bonds. The molecule has 8 heteroatoms. The lowest BCUT2D eigenvalue weighted by Crippen LogP contribution is -2.45. The summed E-state index contributed by atoms with van der Waals surface area (Å²) >= 11 is 0. The predicted octanol–water partition coefficient (Wildman–Crippen LogP) is 6.61. The third-order valence-electron chi connectivity index (χ3n) is 6.30. The van der Waals surface area contributed by atoms with Crippen LogP contribution >= 0.6 is 21.6 Å². The van der Waals surface area contributed by atoms with E-state index in [1.165, 1.54) is 0 Å². The first-order valence-electron chi connectivity index (χ1n) is 13.4. The minimum absolute atomic E-state index is 0.0599. The molecular formula is C28H53NO5S2. The highest BCUT2D eigenvalue weighted by molar-refractivity contribution is 8.77. The van der Waals surface area contributed by atoms with Crippen LogP contribution in [0.15, 0.2) is 0 Å². The van der Waals surface area contributed by atoms with E-state index in [1.54, 1.807) is 21.6 Å². The molecule has 1 aliphatic heterocycles. The molecule has 0 bridgehead atoms. The number of carbonyl (C=O) groups is 2. The summed E-state index contributed by atoms with van der Waals surface area (Å²) in [6, 6.07) is 0. The molecule has 212 valence electrons. The molecule has 0 saturated carbocycles. The fourth-order valence-electron chi connectivity index (χ4n) is 3.55. The topological polar surface area (TPSA) is 65.1 Å². The molecule has 1 rings (SSSR count). The molecule has 6 nitrogen and oxygen atoms in total. The minimum atomic E-state index is -0.302. The van der Waals surface area contributed by atoms with Crippen LogP contribution in [0, 0.1) is 16.7 Å². The second kappa shape index (κ2) is 14.6. The zero-order valence-electron chi connectivity index (χ0n) is 24.7. The second-order valence-corrected chi connectivity index (χ2v) is 16.0. The van der Waals surface area contributed by atoms with Gasteiger partial charge in [-0.15, -0.1) is 0 Å². The van der Waals surface area contributed by atoms with Crippen molar-refractivity contribution >= 4 is 33.5 Å². The maximum Gasteiger partial charge on any atom is 0.307 e. The number of hydrogen-bond donors (Lipinski definition) is 0. The lowest BCUT2D eigenvalue weighted by atomic mass is 9.90. The van der Waals surface area contributed by atoms with E-state index in [4.69, 9.17) is 14.2 Å². The highest BCUT2D eigenvalue weighted by atomic mass is 33.1. The van der Waals surface area contributed by atoms with Gasteiger partial charge in [-0.25, -0.2) is 0 Å². The summed E-state index contributed by atoms with van der Waals surface area (Å²) in [6.45, 7) is 24.3. The van der Waals surface area contributed by atoms with Gasteiger partial charge in [0, 0.05) is 43.2 Å². The zero-order valence-corrected chi connectivity index (χ0v) is 26.3. The van der Waals surface area contributed by atoms with Crippen molar-refractivity contribution in [3.63, 3.8) is 0 Å².